The van der Waals surface area contributed by atoms with E-state index in [-0.39, 0.29) is 16.8 Å². The van der Waals surface area contributed by atoms with Crippen LogP contribution in [0, 0.1) is 0 Å². The van der Waals surface area contributed by atoms with Crippen LogP contribution in [0.15, 0.2) is 110 Å². The largest absolute Gasteiger partial charge is 0.417 e. The lowest BCUT2D eigenvalue weighted by Gasteiger charge is -2.15. The first-order chi connectivity index (χ1) is 18.4. The maximum absolute atomic E-state index is 13.8. The van der Waals surface area contributed by atoms with Crippen LogP contribution in [0.5, 0.6) is 0 Å². The highest BCUT2D eigenvalue weighted by Gasteiger charge is 2.34. The van der Waals surface area contributed by atoms with E-state index in [0.29, 0.717) is 22.9 Å². The summed E-state index contributed by atoms with van der Waals surface area (Å²) in [4.78, 5) is 25.7. The molecule has 188 valence electrons. The Morgan fingerprint density at radius 3 is 2.34 bits per heavy atom. The molecular weight excluding hydrogens is 491 g/mol. The fourth-order valence-electron chi connectivity index (χ4n) is 3.89. The van der Waals surface area contributed by atoms with Crippen molar-refractivity contribution in [3.8, 4) is 22.4 Å². The Kier molecular flexibility index (Phi) is 6.82. The summed E-state index contributed by atoms with van der Waals surface area (Å²) in [5.41, 5.74) is 1.96. The molecule has 2 aromatic heterocycles. The molecule has 0 unspecified atom stereocenters. The van der Waals surface area contributed by atoms with Crippen LogP contribution in [0.2, 0.25) is 0 Å². The van der Waals surface area contributed by atoms with Gasteiger partial charge in [0.05, 0.1) is 11.3 Å². The topological polar surface area (TPSA) is 79.8 Å². The average molecular weight is 512 g/mol. The third-order valence-electron chi connectivity index (χ3n) is 5.66. The Bertz CT molecular complexity index is 1570. The summed E-state index contributed by atoms with van der Waals surface area (Å²) in [5, 5.41) is 5.62. The summed E-state index contributed by atoms with van der Waals surface area (Å²) in [5.74, 6) is -0.241. The molecule has 5 aromatic rings. The number of aromatic nitrogens is 3. The second-order valence-corrected chi connectivity index (χ2v) is 8.29. The summed E-state index contributed by atoms with van der Waals surface area (Å²) in [6.45, 7) is 0. The summed E-state index contributed by atoms with van der Waals surface area (Å²) >= 11 is 0. The van der Waals surface area contributed by atoms with E-state index in [1.807, 2.05) is 6.07 Å². The number of anilines is 3. The molecule has 0 spiro atoms. The molecule has 0 atom stereocenters. The first-order valence-corrected chi connectivity index (χ1v) is 11.6. The number of alkyl halides is 3. The number of nitrogens with zero attached hydrogens (tertiary/aromatic N) is 3. The van der Waals surface area contributed by atoms with Crippen molar-refractivity contribution in [1.82, 2.24) is 15.0 Å². The van der Waals surface area contributed by atoms with Gasteiger partial charge in [-0.1, -0.05) is 42.5 Å². The summed E-state index contributed by atoms with van der Waals surface area (Å²) < 4.78 is 41.5. The Morgan fingerprint density at radius 2 is 1.58 bits per heavy atom. The summed E-state index contributed by atoms with van der Waals surface area (Å²) in [6, 6.07) is 24.0. The predicted molar refractivity (Wildman–Crippen MR) is 140 cm³/mol. The molecular formula is C29H20F3N5O. The van der Waals surface area contributed by atoms with Gasteiger partial charge >= 0.3 is 6.18 Å². The number of benzene rings is 3. The van der Waals surface area contributed by atoms with Gasteiger partial charge in [-0.15, -0.1) is 0 Å². The third-order valence-corrected chi connectivity index (χ3v) is 5.66. The maximum atomic E-state index is 13.8. The molecule has 0 aliphatic rings. The molecule has 1 amide bonds. The SMILES string of the molecule is O=C(Nc1ccc(-c2ccccc2)c(C(F)(F)F)c1)c1cccc(Nc2nccc(-c3cccnc3)n2)c1. The van der Waals surface area contributed by atoms with Crippen LogP contribution in [0.25, 0.3) is 22.4 Å². The van der Waals surface area contributed by atoms with Crippen LogP contribution >= 0.6 is 0 Å². The van der Waals surface area contributed by atoms with E-state index in [9.17, 15) is 18.0 Å². The molecule has 0 aliphatic carbocycles. The van der Waals surface area contributed by atoms with Crippen molar-refractivity contribution in [1.29, 1.82) is 0 Å². The minimum absolute atomic E-state index is 0.0351. The second kappa shape index (κ2) is 10.5. The molecule has 6 nitrogen and oxygen atoms in total. The fourth-order valence-corrected chi connectivity index (χ4v) is 3.89. The van der Waals surface area contributed by atoms with E-state index in [1.54, 1.807) is 85.3 Å². The smallest absolute Gasteiger partial charge is 0.324 e. The molecule has 0 saturated carbocycles. The average Bonchev–Trinajstić information content (AvgIpc) is 2.94. The van der Waals surface area contributed by atoms with Crippen LogP contribution < -0.4 is 10.6 Å². The normalized spacial score (nSPS) is 11.1. The number of pyridine rings is 1. The van der Waals surface area contributed by atoms with Crippen molar-refractivity contribution < 1.29 is 18.0 Å². The number of halogens is 3. The van der Waals surface area contributed by atoms with Crippen LogP contribution in [-0.2, 0) is 6.18 Å². The minimum Gasteiger partial charge on any atom is -0.324 e. The molecule has 0 saturated heterocycles. The lowest BCUT2D eigenvalue weighted by Crippen LogP contribution is -2.14. The lowest BCUT2D eigenvalue weighted by molar-refractivity contribution is -0.137. The Hall–Kier alpha value is -5.05. The zero-order valence-electron chi connectivity index (χ0n) is 19.8. The number of hydrogen-bond acceptors (Lipinski definition) is 5. The molecule has 9 heteroatoms. The van der Waals surface area contributed by atoms with Gasteiger partial charge in [-0.05, 0) is 59.7 Å². The summed E-state index contributed by atoms with van der Waals surface area (Å²) in [7, 11) is 0. The highest BCUT2D eigenvalue weighted by molar-refractivity contribution is 6.05. The molecule has 3 aromatic carbocycles. The number of rotatable bonds is 6. The molecule has 0 aliphatic heterocycles. The highest BCUT2D eigenvalue weighted by Crippen LogP contribution is 2.38. The van der Waals surface area contributed by atoms with Gasteiger partial charge in [0.15, 0.2) is 0 Å². The third kappa shape index (κ3) is 5.67. The van der Waals surface area contributed by atoms with Crippen molar-refractivity contribution in [2.24, 2.45) is 0 Å². The quantitative estimate of drug-likeness (QED) is 0.252. The standard InChI is InChI=1S/C29H20F3N5O/c30-29(31,32)25-17-23(11-12-24(25)19-6-2-1-3-7-19)35-27(38)20-8-4-10-22(16-20)36-28-34-15-13-26(37-28)21-9-5-14-33-18-21/h1-18H,(H,35,38)(H,34,36,37). The molecule has 38 heavy (non-hydrogen) atoms. The van der Waals surface area contributed by atoms with Gasteiger partial charge in [0.1, 0.15) is 0 Å². The van der Waals surface area contributed by atoms with Crippen molar-refractivity contribution in [3.63, 3.8) is 0 Å². The van der Waals surface area contributed by atoms with E-state index in [4.69, 9.17) is 0 Å². The Morgan fingerprint density at radius 1 is 0.763 bits per heavy atom. The second-order valence-electron chi connectivity index (χ2n) is 8.29. The van der Waals surface area contributed by atoms with E-state index < -0.39 is 17.6 Å². The number of nitrogens with one attached hydrogen (secondary N) is 2. The molecule has 0 radical (unpaired) electrons. The zero-order chi connectivity index (χ0) is 26.5. The predicted octanol–water partition coefficient (Wildman–Crippen LogP) is 7.22. The fraction of sp³-hybridized carbons (Fsp3) is 0.0345. The highest BCUT2D eigenvalue weighted by atomic mass is 19.4. The van der Waals surface area contributed by atoms with Crippen LogP contribution in [0.4, 0.5) is 30.5 Å². The Labute approximate surface area is 216 Å². The minimum atomic E-state index is -4.60. The number of amides is 1. The van der Waals surface area contributed by atoms with Gasteiger partial charge in [-0.25, -0.2) is 9.97 Å². The van der Waals surface area contributed by atoms with Crippen LogP contribution in [0.1, 0.15) is 15.9 Å². The molecule has 5 rings (SSSR count). The van der Waals surface area contributed by atoms with Gasteiger partial charge < -0.3 is 10.6 Å². The van der Waals surface area contributed by atoms with Gasteiger partial charge in [-0.2, -0.15) is 13.2 Å². The van der Waals surface area contributed by atoms with Gasteiger partial charge in [0.2, 0.25) is 5.95 Å². The van der Waals surface area contributed by atoms with Crippen molar-refractivity contribution in [3.05, 3.63) is 121 Å². The number of carbonyl (C=O) groups excluding carboxylic acids is 1. The maximum Gasteiger partial charge on any atom is 0.417 e. The first kappa shape index (κ1) is 24.6. The zero-order valence-corrected chi connectivity index (χ0v) is 19.8. The van der Waals surface area contributed by atoms with E-state index in [2.05, 4.69) is 25.6 Å². The molecule has 2 N–H and O–H groups in total. The first-order valence-electron chi connectivity index (χ1n) is 11.6. The summed E-state index contributed by atoms with van der Waals surface area (Å²) in [6.07, 6.45) is 0.362. The van der Waals surface area contributed by atoms with Crippen molar-refractivity contribution in [2.75, 3.05) is 10.6 Å². The lowest BCUT2D eigenvalue weighted by atomic mass is 9.98. The number of carbonyl (C=O) groups is 1. The molecule has 0 bridgehead atoms. The van der Waals surface area contributed by atoms with Crippen molar-refractivity contribution in [2.45, 2.75) is 6.18 Å². The van der Waals surface area contributed by atoms with Crippen molar-refractivity contribution >= 4 is 23.2 Å². The van der Waals surface area contributed by atoms with Gasteiger partial charge in [-0.3, -0.25) is 9.78 Å². The van der Waals surface area contributed by atoms with Crippen LogP contribution in [0.3, 0.4) is 0 Å². The van der Waals surface area contributed by atoms with E-state index in [1.165, 1.54) is 12.1 Å². The van der Waals surface area contributed by atoms with Gasteiger partial charge in [0, 0.05) is 41.1 Å². The molecule has 0 fully saturated rings. The molecule has 2 heterocycles. The number of hydrogen-bond donors (Lipinski definition) is 2. The van der Waals surface area contributed by atoms with E-state index >= 15 is 0 Å². The monoisotopic (exact) mass is 511 g/mol. The van der Waals surface area contributed by atoms with Crippen LogP contribution in [-0.4, -0.2) is 20.9 Å². The Balaban J connectivity index is 1.35. The van der Waals surface area contributed by atoms with Gasteiger partial charge in [0.25, 0.3) is 5.91 Å². The van der Waals surface area contributed by atoms with E-state index in [0.717, 1.165) is 11.6 Å².